The minimum Gasteiger partial charge on any atom is -0.347 e. The summed E-state index contributed by atoms with van der Waals surface area (Å²) in [6, 6.07) is 5.91. The van der Waals surface area contributed by atoms with E-state index in [-0.39, 0.29) is 17.5 Å². The number of aromatic nitrogens is 1. The molecule has 1 aliphatic rings. The maximum absolute atomic E-state index is 13.1. The van der Waals surface area contributed by atoms with Crippen LogP contribution >= 0.6 is 15.9 Å². The molecule has 3 rings (SSSR count). The van der Waals surface area contributed by atoms with E-state index in [0.29, 0.717) is 25.9 Å². The first-order valence-corrected chi connectivity index (χ1v) is 9.24. The number of hydrogen-bond acceptors (Lipinski definition) is 3. The van der Waals surface area contributed by atoms with Gasteiger partial charge in [0.1, 0.15) is 0 Å². The van der Waals surface area contributed by atoms with Gasteiger partial charge in [-0.05, 0) is 49.5 Å². The van der Waals surface area contributed by atoms with Gasteiger partial charge in [0.2, 0.25) is 5.91 Å². The SMILES string of the molecule is O=C(NC(CC(F)(F)F)c1cc2cc(Br)ccc2cn1)C1CCNCC1. The van der Waals surface area contributed by atoms with Gasteiger partial charge in [-0.1, -0.05) is 22.0 Å². The minimum absolute atomic E-state index is 0.218. The van der Waals surface area contributed by atoms with Crippen LogP contribution in [0.2, 0.25) is 0 Å². The molecule has 1 aliphatic heterocycles. The van der Waals surface area contributed by atoms with Gasteiger partial charge >= 0.3 is 6.18 Å². The second-order valence-electron chi connectivity index (χ2n) is 6.51. The highest BCUT2D eigenvalue weighted by Gasteiger charge is 2.35. The van der Waals surface area contributed by atoms with Gasteiger partial charge in [0.05, 0.1) is 18.2 Å². The van der Waals surface area contributed by atoms with Gasteiger partial charge < -0.3 is 10.6 Å². The fourth-order valence-corrected chi connectivity index (χ4v) is 3.53. The molecule has 2 N–H and O–H groups in total. The van der Waals surface area contributed by atoms with E-state index in [1.807, 2.05) is 18.2 Å². The number of halogens is 4. The summed E-state index contributed by atoms with van der Waals surface area (Å²) in [4.78, 5) is 16.6. The van der Waals surface area contributed by atoms with E-state index in [4.69, 9.17) is 0 Å². The lowest BCUT2D eigenvalue weighted by atomic mass is 9.96. The molecule has 0 saturated carbocycles. The Labute approximate surface area is 157 Å². The quantitative estimate of drug-likeness (QED) is 0.768. The van der Waals surface area contributed by atoms with Crippen LogP contribution in [0.5, 0.6) is 0 Å². The topological polar surface area (TPSA) is 54.0 Å². The van der Waals surface area contributed by atoms with E-state index < -0.39 is 18.6 Å². The van der Waals surface area contributed by atoms with Crippen molar-refractivity contribution >= 4 is 32.6 Å². The van der Waals surface area contributed by atoms with Crippen LogP contribution in [0.3, 0.4) is 0 Å². The number of benzene rings is 1. The summed E-state index contributed by atoms with van der Waals surface area (Å²) < 4.78 is 40.0. The highest BCUT2D eigenvalue weighted by molar-refractivity contribution is 9.10. The lowest BCUT2D eigenvalue weighted by Gasteiger charge is -2.26. The third-order valence-electron chi connectivity index (χ3n) is 4.52. The molecule has 8 heteroatoms. The monoisotopic (exact) mass is 429 g/mol. The lowest BCUT2D eigenvalue weighted by molar-refractivity contribution is -0.144. The minimum atomic E-state index is -4.40. The standard InChI is InChI=1S/C18H19BrF3N3O/c19-14-2-1-12-10-24-15(8-13(12)7-14)16(9-18(20,21)22)25-17(26)11-3-5-23-6-4-11/h1-2,7-8,10-11,16,23H,3-6,9H2,(H,25,26). The molecule has 1 fully saturated rings. The van der Waals surface area contributed by atoms with Crippen LogP contribution in [0.25, 0.3) is 10.8 Å². The Morgan fingerprint density at radius 2 is 2.00 bits per heavy atom. The largest absolute Gasteiger partial charge is 0.391 e. The second kappa shape index (κ2) is 7.92. The van der Waals surface area contributed by atoms with Crippen LogP contribution in [-0.4, -0.2) is 30.2 Å². The highest BCUT2D eigenvalue weighted by Crippen LogP contribution is 2.31. The summed E-state index contributed by atoms with van der Waals surface area (Å²) in [5.41, 5.74) is 0.218. The van der Waals surface area contributed by atoms with Crippen molar-refractivity contribution in [1.29, 1.82) is 0 Å². The second-order valence-corrected chi connectivity index (χ2v) is 7.42. The molecule has 1 atom stereocenters. The number of nitrogens with one attached hydrogen (secondary N) is 2. The van der Waals surface area contributed by atoms with Crippen molar-refractivity contribution in [3.05, 3.63) is 40.6 Å². The van der Waals surface area contributed by atoms with Crippen molar-refractivity contribution in [3.63, 3.8) is 0 Å². The lowest BCUT2D eigenvalue weighted by Crippen LogP contribution is -2.40. The molecular formula is C18H19BrF3N3O. The number of amides is 1. The number of hydrogen-bond donors (Lipinski definition) is 2. The fraction of sp³-hybridized carbons (Fsp3) is 0.444. The predicted octanol–water partition coefficient (Wildman–Crippen LogP) is 4.11. The smallest absolute Gasteiger partial charge is 0.347 e. The first-order valence-electron chi connectivity index (χ1n) is 8.45. The van der Waals surface area contributed by atoms with Crippen molar-refractivity contribution in [2.24, 2.45) is 5.92 Å². The van der Waals surface area contributed by atoms with E-state index in [2.05, 4.69) is 31.5 Å². The number of carbonyl (C=O) groups is 1. The van der Waals surface area contributed by atoms with E-state index >= 15 is 0 Å². The Bertz CT molecular complexity index is 791. The number of pyridine rings is 1. The average Bonchev–Trinajstić information content (AvgIpc) is 2.60. The van der Waals surface area contributed by atoms with Crippen molar-refractivity contribution in [2.75, 3.05) is 13.1 Å². The molecule has 1 aromatic carbocycles. The molecular weight excluding hydrogens is 411 g/mol. The molecule has 0 spiro atoms. The molecule has 1 amide bonds. The van der Waals surface area contributed by atoms with Gasteiger partial charge in [-0.2, -0.15) is 13.2 Å². The molecule has 0 aliphatic carbocycles. The maximum atomic E-state index is 13.1. The van der Waals surface area contributed by atoms with Crippen molar-refractivity contribution in [3.8, 4) is 0 Å². The molecule has 1 unspecified atom stereocenters. The zero-order valence-corrected chi connectivity index (χ0v) is 15.5. The Kier molecular flexibility index (Phi) is 5.82. The summed E-state index contributed by atoms with van der Waals surface area (Å²) >= 11 is 3.36. The number of piperidine rings is 1. The summed E-state index contributed by atoms with van der Waals surface area (Å²) in [5.74, 6) is -0.599. The van der Waals surface area contributed by atoms with Crippen molar-refractivity contribution in [1.82, 2.24) is 15.6 Å². The van der Waals surface area contributed by atoms with Gasteiger partial charge in [0.15, 0.2) is 0 Å². The molecule has 1 saturated heterocycles. The third-order valence-corrected chi connectivity index (χ3v) is 5.02. The number of alkyl halides is 3. The van der Waals surface area contributed by atoms with E-state index in [1.165, 1.54) is 6.20 Å². The van der Waals surface area contributed by atoms with Crippen LogP contribution in [0.15, 0.2) is 34.9 Å². The average molecular weight is 430 g/mol. The number of nitrogens with zero attached hydrogens (tertiary/aromatic N) is 1. The first kappa shape index (κ1) is 19.1. The fourth-order valence-electron chi connectivity index (χ4n) is 3.15. The predicted molar refractivity (Wildman–Crippen MR) is 96.6 cm³/mol. The Balaban J connectivity index is 1.86. The van der Waals surface area contributed by atoms with E-state index in [0.717, 1.165) is 15.2 Å². The number of carbonyl (C=O) groups excluding carboxylic acids is 1. The van der Waals surface area contributed by atoms with Gasteiger partial charge in [0.25, 0.3) is 0 Å². The Morgan fingerprint density at radius 1 is 1.27 bits per heavy atom. The normalized spacial score (nSPS) is 17.2. The van der Waals surface area contributed by atoms with Crippen LogP contribution < -0.4 is 10.6 Å². The zero-order chi connectivity index (χ0) is 18.7. The zero-order valence-electron chi connectivity index (χ0n) is 13.9. The first-order chi connectivity index (χ1) is 12.3. The summed E-state index contributed by atoms with van der Waals surface area (Å²) in [6.45, 7) is 1.40. The maximum Gasteiger partial charge on any atom is 0.391 e. The number of rotatable bonds is 4. The Morgan fingerprint density at radius 3 is 2.69 bits per heavy atom. The summed E-state index contributed by atoms with van der Waals surface area (Å²) in [6.07, 6.45) is -2.75. The molecule has 140 valence electrons. The van der Waals surface area contributed by atoms with Gasteiger partial charge in [-0.25, -0.2) is 0 Å². The van der Waals surface area contributed by atoms with Crippen LogP contribution in [0.4, 0.5) is 13.2 Å². The molecule has 26 heavy (non-hydrogen) atoms. The van der Waals surface area contributed by atoms with Gasteiger partial charge in [0, 0.05) is 22.0 Å². The Hall–Kier alpha value is -1.67. The van der Waals surface area contributed by atoms with Crippen molar-refractivity contribution < 1.29 is 18.0 Å². The highest BCUT2D eigenvalue weighted by atomic mass is 79.9. The molecule has 4 nitrogen and oxygen atoms in total. The molecule has 2 heterocycles. The van der Waals surface area contributed by atoms with Gasteiger partial charge in [-0.15, -0.1) is 0 Å². The van der Waals surface area contributed by atoms with Crippen LogP contribution in [0.1, 0.15) is 31.0 Å². The van der Waals surface area contributed by atoms with Crippen molar-refractivity contribution in [2.45, 2.75) is 31.5 Å². The molecule has 0 bridgehead atoms. The van der Waals surface area contributed by atoms with E-state index in [9.17, 15) is 18.0 Å². The summed E-state index contributed by atoms with van der Waals surface area (Å²) in [5, 5.41) is 7.32. The van der Waals surface area contributed by atoms with Gasteiger partial charge in [-0.3, -0.25) is 9.78 Å². The molecule has 2 aromatic rings. The molecule has 0 radical (unpaired) electrons. The van der Waals surface area contributed by atoms with Crippen LogP contribution in [-0.2, 0) is 4.79 Å². The van der Waals surface area contributed by atoms with E-state index in [1.54, 1.807) is 6.07 Å². The van der Waals surface area contributed by atoms with Crippen LogP contribution in [0, 0.1) is 5.92 Å². The summed E-state index contributed by atoms with van der Waals surface area (Å²) in [7, 11) is 0. The third kappa shape index (κ3) is 4.94. The molecule has 1 aromatic heterocycles. The number of fused-ring (bicyclic) bond motifs is 1.